The average Bonchev–Trinajstić information content (AvgIpc) is 2.77. The van der Waals surface area contributed by atoms with Gasteiger partial charge in [-0.2, -0.15) is 0 Å². The largest absolute Gasteiger partial charge is 0.481 e. The highest BCUT2D eigenvalue weighted by Gasteiger charge is 2.27. The Balaban J connectivity index is 2.38. The van der Waals surface area contributed by atoms with Gasteiger partial charge in [0.15, 0.2) is 0 Å². The number of carboxylic acids is 1. The number of carboxylic acid groups (broad SMARTS) is 1. The lowest BCUT2D eigenvalue weighted by atomic mass is 9.76. The molecule has 1 saturated heterocycles. The van der Waals surface area contributed by atoms with Crippen LogP contribution in [0.1, 0.15) is 59.8 Å². The van der Waals surface area contributed by atoms with Gasteiger partial charge >= 0.3 is 12.0 Å². The van der Waals surface area contributed by atoms with Crippen molar-refractivity contribution in [3.63, 3.8) is 0 Å². The van der Waals surface area contributed by atoms with Gasteiger partial charge in [0.25, 0.3) is 0 Å². The minimum atomic E-state index is -0.751. The normalized spacial score (nSPS) is 20.4. The van der Waals surface area contributed by atoms with Crippen LogP contribution in [0.3, 0.4) is 0 Å². The zero-order valence-electron chi connectivity index (χ0n) is 13.8. The topological polar surface area (TPSA) is 69.6 Å². The first-order valence-electron chi connectivity index (χ1n) is 7.98. The van der Waals surface area contributed by atoms with E-state index in [1.165, 1.54) is 0 Å². The van der Waals surface area contributed by atoms with Crippen molar-refractivity contribution in [3.8, 4) is 0 Å². The van der Waals surface area contributed by atoms with Gasteiger partial charge in [0.2, 0.25) is 0 Å². The van der Waals surface area contributed by atoms with E-state index in [9.17, 15) is 9.59 Å². The highest BCUT2D eigenvalue weighted by molar-refractivity contribution is 5.74. The third kappa shape index (κ3) is 5.94. The van der Waals surface area contributed by atoms with Crippen molar-refractivity contribution in [2.24, 2.45) is 11.3 Å². The molecule has 0 spiro atoms. The molecular weight excluding hydrogens is 268 g/mol. The molecule has 0 bridgehead atoms. The second kappa shape index (κ2) is 7.66. The number of carbonyl (C=O) groups is 2. The first kappa shape index (κ1) is 17.8. The molecule has 1 heterocycles. The van der Waals surface area contributed by atoms with E-state index in [1.54, 1.807) is 0 Å². The maximum atomic E-state index is 12.1. The highest BCUT2D eigenvalue weighted by Crippen LogP contribution is 2.32. The standard InChI is InChI=1S/C16H30N2O3/c1-12-6-5-11-18(12)15(21)17-10-9-13(16(2,3)4)7-8-14(19)20/h12-13H,5-11H2,1-4H3,(H,17,21)(H,19,20). The number of hydrogen-bond donors (Lipinski definition) is 2. The Kier molecular flexibility index (Phi) is 6.49. The first-order chi connectivity index (χ1) is 9.71. The molecular formula is C16H30N2O3. The van der Waals surface area contributed by atoms with E-state index in [0.717, 1.165) is 25.8 Å². The maximum Gasteiger partial charge on any atom is 0.317 e. The van der Waals surface area contributed by atoms with Crippen LogP contribution in [0.2, 0.25) is 0 Å². The predicted molar refractivity (Wildman–Crippen MR) is 83.2 cm³/mol. The lowest BCUT2D eigenvalue weighted by Gasteiger charge is -2.31. The summed E-state index contributed by atoms with van der Waals surface area (Å²) in [7, 11) is 0. The Labute approximate surface area is 128 Å². The van der Waals surface area contributed by atoms with Crippen LogP contribution in [0.5, 0.6) is 0 Å². The molecule has 0 aromatic carbocycles. The lowest BCUT2D eigenvalue weighted by molar-refractivity contribution is -0.137. The Morgan fingerprint density at radius 1 is 1.33 bits per heavy atom. The molecule has 0 radical (unpaired) electrons. The fraction of sp³-hybridized carbons (Fsp3) is 0.875. The summed E-state index contributed by atoms with van der Waals surface area (Å²) in [4.78, 5) is 24.7. The predicted octanol–water partition coefficient (Wildman–Crippen LogP) is 3.10. The minimum Gasteiger partial charge on any atom is -0.481 e. The molecule has 0 saturated carbocycles. The summed E-state index contributed by atoms with van der Waals surface area (Å²) in [5.41, 5.74) is 0.0567. The van der Waals surface area contributed by atoms with E-state index in [4.69, 9.17) is 5.11 Å². The minimum absolute atomic E-state index is 0.0193. The molecule has 1 aliphatic rings. The number of amides is 2. The van der Waals surface area contributed by atoms with Crippen LogP contribution in [0.4, 0.5) is 4.79 Å². The Morgan fingerprint density at radius 3 is 2.48 bits per heavy atom. The summed E-state index contributed by atoms with van der Waals surface area (Å²) in [6.07, 6.45) is 3.84. The molecule has 0 aromatic rings. The molecule has 5 heteroatoms. The van der Waals surface area contributed by atoms with Crippen LogP contribution in [-0.2, 0) is 4.79 Å². The van der Waals surface area contributed by atoms with Gasteiger partial charge in [-0.25, -0.2) is 4.79 Å². The van der Waals surface area contributed by atoms with Crippen molar-refractivity contribution < 1.29 is 14.7 Å². The monoisotopic (exact) mass is 298 g/mol. The maximum absolute atomic E-state index is 12.1. The van der Waals surface area contributed by atoms with Crippen LogP contribution < -0.4 is 5.32 Å². The molecule has 2 amide bonds. The van der Waals surface area contributed by atoms with Gasteiger partial charge < -0.3 is 15.3 Å². The fourth-order valence-electron chi connectivity index (χ4n) is 3.00. The van der Waals surface area contributed by atoms with E-state index >= 15 is 0 Å². The summed E-state index contributed by atoms with van der Waals surface area (Å²) in [6, 6.07) is 0.348. The average molecular weight is 298 g/mol. The SMILES string of the molecule is CC1CCCN1C(=O)NCCC(CCC(=O)O)C(C)(C)C. The summed E-state index contributed by atoms with van der Waals surface area (Å²) in [5, 5.41) is 11.8. The number of nitrogens with zero attached hydrogens (tertiary/aromatic N) is 1. The molecule has 0 aliphatic carbocycles. The zero-order valence-corrected chi connectivity index (χ0v) is 13.8. The van der Waals surface area contributed by atoms with Crippen molar-refractivity contribution in [1.29, 1.82) is 0 Å². The number of rotatable bonds is 6. The van der Waals surface area contributed by atoms with Crippen molar-refractivity contribution >= 4 is 12.0 Å². The summed E-state index contributed by atoms with van der Waals surface area (Å²) in [5.74, 6) is -0.455. The molecule has 0 aromatic heterocycles. The first-order valence-corrected chi connectivity index (χ1v) is 7.98. The van der Waals surface area contributed by atoms with E-state index in [0.29, 0.717) is 24.9 Å². The van der Waals surface area contributed by atoms with Crippen LogP contribution >= 0.6 is 0 Å². The van der Waals surface area contributed by atoms with Crippen LogP contribution in [0.15, 0.2) is 0 Å². The van der Waals surface area contributed by atoms with Crippen LogP contribution in [0.25, 0.3) is 0 Å². The van der Waals surface area contributed by atoms with Gasteiger partial charge in [-0.1, -0.05) is 20.8 Å². The van der Waals surface area contributed by atoms with Gasteiger partial charge in [0.1, 0.15) is 0 Å². The smallest absolute Gasteiger partial charge is 0.317 e. The fourth-order valence-corrected chi connectivity index (χ4v) is 3.00. The molecule has 2 atom stereocenters. The van der Waals surface area contributed by atoms with Crippen LogP contribution in [0, 0.1) is 11.3 Å². The third-order valence-electron chi connectivity index (χ3n) is 4.51. The van der Waals surface area contributed by atoms with Gasteiger partial charge in [0, 0.05) is 25.6 Å². The Hall–Kier alpha value is -1.26. The molecule has 2 N–H and O–H groups in total. The number of nitrogens with one attached hydrogen (secondary N) is 1. The molecule has 1 fully saturated rings. The molecule has 5 nitrogen and oxygen atoms in total. The lowest BCUT2D eigenvalue weighted by Crippen LogP contribution is -2.42. The zero-order chi connectivity index (χ0) is 16.0. The van der Waals surface area contributed by atoms with Crippen LogP contribution in [-0.4, -0.2) is 41.1 Å². The van der Waals surface area contributed by atoms with Crippen molar-refractivity contribution in [2.45, 2.75) is 65.8 Å². The van der Waals surface area contributed by atoms with E-state index in [2.05, 4.69) is 33.0 Å². The quantitative estimate of drug-likeness (QED) is 0.791. The number of urea groups is 1. The van der Waals surface area contributed by atoms with Gasteiger partial charge in [0.05, 0.1) is 0 Å². The third-order valence-corrected chi connectivity index (χ3v) is 4.51. The van der Waals surface area contributed by atoms with E-state index < -0.39 is 5.97 Å². The summed E-state index contributed by atoms with van der Waals surface area (Å²) >= 11 is 0. The summed E-state index contributed by atoms with van der Waals surface area (Å²) in [6.45, 7) is 9.92. The number of likely N-dealkylation sites (tertiary alicyclic amines) is 1. The second-order valence-electron chi connectivity index (χ2n) is 7.20. The Morgan fingerprint density at radius 2 is 2.00 bits per heavy atom. The number of aliphatic carboxylic acids is 1. The second-order valence-corrected chi connectivity index (χ2v) is 7.20. The summed E-state index contributed by atoms with van der Waals surface area (Å²) < 4.78 is 0. The van der Waals surface area contributed by atoms with Gasteiger partial charge in [-0.15, -0.1) is 0 Å². The molecule has 1 rings (SSSR count). The highest BCUT2D eigenvalue weighted by atomic mass is 16.4. The molecule has 21 heavy (non-hydrogen) atoms. The van der Waals surface area contributed by atoms with Crippen molar-refractivity contribution in [3.05, 3.63) is 0 Å². The number of carbonyl (C=O) groups excluding carboxylic acids is 1. The molecule has 122 valence electrons. The number of hydrogen-bond acceptors (Lipinski definition) is 2. The molecule has 1 aliphatic heterocycles. The molecule has 2 unspecified atom stereocenters. The van der Waals surface area contributed by atoms with Gasteiger partial charge in [-0.3, -0.25) is 4.79 Å². The Bertz CT molecular complexity index is 363. The van der Waals surface area contributed by atoms with Crippen molar-refractivity contribution in [2.75, 3.05) is 13.1 Å². The van der Waals surface area contributed by atoms with Gasteiger partial charge in [-0.05, 0) is 43.9 Å². The van der Waals surface area contributed by atoms with E-state index in [1.807, 2.05) is 4.90 Å². The van der Waals surface area contributed by atoms with E-state index in [-0.39, 0.29) is 17.9 Å². The van der Waals surface area contributed by atoms with Crippen molar-refractivity contribution in [1.82, 2.24) is 10.2 Å².